The molecule has 2 rings (SSSR count). The fourth-order valence-corrected chi connectivity index (χ4v) is 3.39. The van der Waals surface area contributed by atoms with E-state index in [0.717, 1.165) is 35.1 Å². The number of aliphatic hydroxyl groups is 1. The van der Waals surface area contributed by atoms with Gasteiger partial charge >= 0.3 is 0 Å². The van der Waals surface area contributed by atoms with Gasteiger partial charge in [0.2, 0.25) is 0 Å². The van der Waals surface area contributed by atoms with Gasteiger partial charge in [0.05, 0.1) is 5.69 Å². The van der Waals surface area contributed by atoms with E-state index in [-0.39, 0.29) is 6.61 Å². The fourth-order valence-electron chi connectivity index (χ4n) is 2.66. The Kier molecular flexibility index (Phi) is 5.19. The van der Waals surface area contributed by atoms with Crippen molar-refractivity contribution in [2.45, 2.75) is 31.7 Å². The van der Waals surface area contributed by atoms with E-state index >= 15 is 0 Å². The van der Waals surface area contributed by atoms with Gasteiger partial charge in [-0.3, -0.25) is 0 Å². The molecule has 1 aromatic carbocycles. The average molecular weight is 343 g/mol. The van der Waals surface area contributed by atoms with Gasteiger partial charge in [-0.05, 0) is 59.8 Å². The predicted molar refractivity (Wildman–Crippen MR) is 86.7 cm³/mol. The molecule has 1 aliphatic rings. The number of thiocarbonyl (C=S) groups is 1. The molecule has 0 amide bonds. The third-order valence-electron chi connectivity index (χ3n) is 3.63. The Morgan fingerprint density at radius 2 is 2.26 bits per heavy atom. The highest BCUT2D eigenvalue weighted by molar-refractivity contribution is 9.10. The Morgan fingerprint density at radius 1 is 1.47 bits per heavy atom. The van der Waals surface area contributed by atoms with Crippen molar-refractivity contribution in [1.82, 2.24) is 0 Å². The summed E-state index contributed by atoms with van der Waals surface area (Å²) >= 11 is 8.61. The van der Waals surface area contributed by atoms with Crippen molar-refractivity contribution in [3.63, 3.8) is 0 Å². The van der Waals surface area contributed by atoms with Crippen LogP contribution in [0.5, 0.6) is 0 Å². The van der Waals surface area contributed by atoms with Crippen molar-refractivity contribution in [3.8, 4) is 0 Å². The van der Waals surface area contributed by atoms with Crippen LogP contribution in [-0.2, 0) is 0 Å². The van der Waals surface area contributed by atoms with Crippen LogP contribution in [0, 0.1) is 0 Å². The van der Waals surface area contributed by atoms with E-state index in [1.807, 2.05) is 12.1 Å². The molecule has 1 aromatic rings. The van der Waals surface area contributed by atoms with E-state index in [9.17, 15) is 5.11 Å². The molecule has 0 saturated carbocycles. The SMILES string of the molecule is NC(=S)c1ccc(N2CCCCC2CCO)c(Br)c1. The quantitative estimate of drug-likeness (QED) is 0.826. The molecule has 19 heavy (non-hydrogen) atoms. The lowest BCUT2D eigenvalue weighted by Gasteiger charge is -2.38. The zero-order valence-electron chi connectivity index (χ0n) is 10.8. The minimum atomic E-state index is 0.240. The maximum atomic E-state index is 9.20. The Balaban J connectivity index is 2.26. The van der Waals surface area contributed by atoms with Crippen LogP contribution >= 0.6 is 28.1 Å². The van der Waals surface area contributed by atoms with Crippen LogP contribution in [0.1, 0.15) is 31.2 Å². The van der Waals surface area contributed by atoms with E-state index in [1.54, 1.807) is 0 Å². The summed E-state index contributed by atoms with van der Waals surface area (Å²) in [5, 5.41) is 9.20. The summed E-state index contributed by atoms with van der Waals surface area (Å²) in [6, 6.07) is 6.43. The molecule has 3 nitrogen and oxygen atoms in total. The lowest BCUT2D eigenvalue weighted by molar-refractivity contribution is 0.262. The number of piperidine rings is 1. The fraction of sp³-hybridized carbons (Fsp3) is 0.500. The molecule has 104 valence electrons. The summed E-state index contributed by atoms with van der Waals surface area (Å²) in [7, 11) is 0. The van der Waals surface area contributed by atoms with Gasteiger partial charge in [0, 0.05) is 29.2 Å². The summed E-state index contributed by atoms with van der Waals surface area (Å²) < 4.78 is 1.02. The number of anilines is 1. The van der Waals surface area contributed by atoms with Gasteiger partial charge < -0.3 is 15.7 Å². The lowest BCUT2D eigenvalue weighted by Crippen LogP contribution is -2.40. The highest BCUT2D eigenvalue weighted by Gasteiger charge is 2.23. The number of aliphatic hydroxyl groups excluding tert-OH is 1. The smallest absolute Gasteiger partial charge is 0.104 e. The second-order valence-corrected chi connectivity index (χ2v) is 6.18. The first-order valence-corrected chi connectivity index (χ1v) is 7.80. The number of rotatable bonds is 4. The maximum Gasteiger partial charge on any atom is 0.104 e. The standard InChI is InChI=1S/C14H19BrN2OS/c15-12-9-10(14(16)19)4-5-13(12)17-7-2-1-3-11(17)6-8-18/h4-5,9,11,18H,1-3,6-8H2,(H2,16,19). The Bertz CT molecular complexity index is 465. The normalized spacial score (nSPS) is 19.5. The number of hydrogen-bond donors (Lipinski definition) is 2. The predicted octanol–water partition coefficient (Wildman–Crippen LogP) is 2.82. The number of nitrogens with zero attached hydrogens (tertiary/aromatic N) is 1. The molecule has 0 bridgehead atoms. The van der Waals surface area contributed by atoms with Crippen LogP contribution in [0.15, 0.2) is 22.7 Å². The lowest BCUT2D eigenvalue weighted by atomic mass is 9.98. The highest BCUT2D eigenvalue weighted by Crippen LogP contribution is 2.33. The molecule has 1 saturated heterocycles. The zero-order valence-corrected chi connectivity index (χ0v) is 13.2. The van der Waals surface area contributed by atoms with Gasteiger partial charge in [-0.15, -0.1) is 0 Å². The van der Waals surface area contributed by atoms with Gasteiger partial charge in [0.1, 0.15) is 4.99 Å². The number of hydrogen-bond acceptors (Lipinski definition) is 3. The summed E-state index contributed by atoms with van der Waals surface area (Å²) in [5.74, 6) is 0. The van der Waals surface area contributed by atoms with E-state index < -0.39 is 0 Å². The molecule has 1 fully saturated rings. The summed E-state index contributed by atoms with van der Waals surface area (Å²) in [4.78, 5) is 2.80. The van der Waals surface area contributed by atoms with Gasteiger partial charge in [0.25, 0.3) is 0 Å². The molecule has 0 aliphatic carbocycles. The molecular formula is C14H19BrN2OS. The molecule has 1 unspecified atom stereocenters. The van der Waals surface area contributed by atoms with Gasteiger partial charge in [0.15, 0.2) is 0 Å². The summed E-state index contributed by atoms with van der Waals surface area (Å²) in [6.07, 6.45) is 4.41. The van der Waals surface area contributed by atoms with Crippen molar-refractivity contribution in [2.24, 2.45) is 5.73 Å². The first-order valence-electron chi connectivity index (χ1n) is 6.60. The Morgan fingerprint density at radius 3 is 2.89 bits per heavy atom. The number of halogens is 1. The Labute approximate surface area is 127 Å². The topological polar surface area (TPSA) is 49.5 Å². The van der Waals surface area contributed by atoms with Crippen molar-refractivity contribution < 1.29 is 5.11 Å². The average Bonchev–Trinajstić information content (AvgIpc) is 2.40. The molecule has 1 atom stereocenters. The van der Waals surface area contributed by atoms with Crippen LogP contribution in [0.25, 0.3) is 0 Å². The summed E-state index contributed by atoms with van der Waals surface area (Å²) in [5.41, 5.74) is 7.69. The van der Waals surface area contributed by atoms with Gasteiger partial charge in [-0.2, -0.15) is 0 Å². The number of benzene rings is 1. The van der Waals surface area contributed by atoms with Crippen LogP contribution in [0.3, 0.4) is 0 Å². The second kappa shape index (κ2) is 6.68. The second-order valence-electron chi connectivity index (χ2n) is 4.89. The molecule has 5 heteroatoms. The van der Waals surface area contributed by atoms with Crippen molar-refractivity contribution in [2.75, 3.05) is 18.1 Å². The van der Waals surface area contributed by atoms with E-state index in [0.29, 0.717) is 11.0 Å². The molecule has 0 radical (unpaired) electrons. The first kappa shape index (κ1) is 14.8. The number of nitrogens with two attached hydrogens (primary N) is 1. The molecule has 1 heterocycles. The molecule has 0 spiro atoms. The van der Waals surface area contributed by atoms with Crippen LogP contribution in [-0.4, -0.2) is 29.3 Å². The van der Waals surface area contributed by atoms with Crippen LogP contribution in [0.4, 0.5) is 5.69 Å². The molecular weight excluding hydrogens is 324 g/mol. The molecule has 0 aromatic heterocycles. The Hall–Kier alpha value is -0.650. The minimum absolute atomic E-state index is 0.240. The summed E-state index contributed by atoms with van der Waals surface area (Å²) in [6.45, 7) is 1.28. The third-order valence-corrected chi connectivity index (χ3v) is 4.50. The minimum Gasteiger partial charge on any atom is -0.396 e. The van der Waals surface area contributed by atoms with Crippen LogP contribution in [0.2, 0.25) is 0 Å². The van der Waals surface area contributed by atoms with Crippen molar-refractivity contribution in [1.29, 1.82) is 0 Å². The van der Waals surface area contributed by atoms with Gasteiger partial charge in [-0.1, -0.05) is 12.2 Å². The highest BCUT2D eigenvalue weighted by atomic mass is 79.9. The van der Waals surface area contributed by atoms with E-state index in [1.165, 1.54) is 12.8 Å². The van der Waals surface area contributed by atoms with Crippen molar-refractivity contribution >= 4 is 38.8 Å². The third kappa shape index (κ3) is 3.46. The van der Waals surface area contributed by atoms with E-state index in [2.05, 4.69) is 26.9 Å². The monoisotopic (exact) mass is 342 g/mol. The van der Waals surface area contributed by atoms with Crippen molar-refractivity contribution in [3.05, 3.63) is 28.2 Å². The molecule has 1 aliphatic heterocycles. The zero-order chi connectivity index (χ0) is 13.8. The largest absolute Gasteiger partial charge is 0.396 e. The maximum absolute atomic E-state index is 9.20. The van der Waals surface area contributed by atoms with E-state index in [4.69, 9.17) is 18.0 Å². The van der Waals surface area contributed by atoms with Gasteiger partial charge in [-0.25, -0.2) is 0 Å². The molecule has 3 N–H and O–H groups in total. The first-order chi connectivity index (χ1) is 9.13. The van der Waals surface area contributed by atoms with Crippen LogP contribution < -0.4 is 10.6 Å².